The number of fused-ring (bicyclic) bond motifs is 6. The molecule has 1 N–H and O–H groups in total. The number of benzene rings is 4. The van der Waals surface area contributed by atoms with Crippen LogP contribution in [-0.2, 0) is 21.1 Å². The first-order valence-electron chi connectivity index (χ1n) is 11.1. The van der Waals surface area contributed by atoms with Crippen molar-refractivity contribution in [3.05, 3.63) is 77.9 Å². The van der Waals surface area contributed by atoms with Crippen LogP contribution >= 0.6 is 0 Å². The summed E-state index contributed by atoms with van der Waals surface area (Å²) in [6.45, 7) is -0.267. The lowest BCUT2D eigenvalue weighted by atomic mass is 10.00. The molecule has 1 aromatic heterocycles. The Hall–Kier alpha value is -5.21. The molecule has 0 spiro atoms. The van der Waals surface area contributed by atoms with Gasteiger partial charge in [-0.3, -0.25) is 14.2 Å². The third kappa shape index (κ3) is 3.77. The molecule has 0 aliphatic heterocycles. The minimum atomic E-state index is -1.10. The van der Waals surface area contributed by atoms with E-state index in [1.807, 2.05) is 48.5 Å². The summed E-state index contributed by atoms with van der Waals surface area (Å²) in [7, 11) is 0. The molecule has 174 valence electrons. The van der Waals surface area contributed by atoms with Crippen LogP contribution in [0.2, 0.25) is 0 Å². The standard InChI is InChI=1S/C28H18N4O4/c29-14-17-6-5-7-18(15-30)25(17)28-31-26-21-10-3-1-8-19(21)20-9-2-4-11-22(20)27(26)32(28)16-36-24(35)13-12-23(33)34/h1-11H,12-13,16H2,(H,33,34). The van der Waals surface area contributed by atoms with E-state index in [0.29, 0.717) is 22.4 Å². The van der Waals surface area contributed by atoms with Crippen molar-refractivity contribution in [1.82, 2.24) is 9.55 Å². The van der Waals surface area contributed by atoms with E-state index in [0.717, 1.165) is 21.5 Å². The van der Waals surface area contributed by atoms with Crippen LogP contribution in [0, 0.1) is 22.7 Å². The molecule has 0 amide bonds. The Bertz CT molecular complexity index is 1740. The highest BCUT2D eigenvalue weighted by Gasteiger charge is 2.23. The zero-order valence-corrected chi connectivity index (χ0v) is 18.9. The molecule has 0 atom stereocenters. The van der Waals surface area contributed by atoms with Gasteiger partial charge in [0.15, 0.2) is 6.73 Å². The second kappa shape index (κ2) is 9.21. The number of carboxylic acid groups (broad SMARTS) is 1. The SMILES string of the molecule is N#Cc1cccc(C#N)c1-c1nc2c3ccccc3c3ccccc3c2n1COC(=O)CCC(=O)O. The highest BCUT2D eigenvalue weighted by atomic mass is 16.5. The van der Waals surface area contributed by atoms with Crippen LogP contribution in [0.15, 0.2) is 66.7 Å². The highest BCUT2D eigenvalue weighted by Crippen LogP contribution is 2.38. The smallest absolute Gasteiger partial charge is 0.308 e. The van der Waals surface area contributed by atoms with Crippen molar-refractivity contribution in [1.29, 1.82) is 10.5 Å². The molecule has 0 radical (unpaired) electrons. The number of carboxylic acids is 1. The van der Waals surface area contributed by atoms with Gasteiger partial charge in [0.25, 0.3) is 0 Å². The molecular weight excluding hydrogens is 456 g/mol. The fourth-order valence-electron chi connectivity index (χ4n) is 4.48. The topological polar surface area (TPSA) is 129 Å². The van der Waals surface area contributed by atoms with Crippen LogP contribution in [-0.4, -0.2) is 26.6 Å². The maximum absolute atomic E-state index is 12.3. The number of ether oxygens (including phenoxy) is 1. The lowest BCUT2D eigenvalue weighted by Gasteiger charge is -2.13. The van der Waals surface area contributed by atoms with Gasteiger partial charge in [-0.15, -0.1) is 0 Å². The molecule has 4 aromatic carbocycles. The maximum atomic E-state index is 12.3. The summed E-state index contributed by atoms with van der Waals surface area (Å²) >= 11 is 0. The highest BCUT2D eigenvalue weighted by molar-refractivity contribution is 6.23. The Morgan fingerprint density at radius 1 is 0.833 bits per heavy atom. The minimum Gasteiger partial charge on any atom is -0.481 e. The fourth-order valence-corrected chi connectivity index (χ4v) is 4.48. The summed E-state index contributed by atoms with van der Waals surface area (Å²) < 4.78 is 7.15. The number of carbonyl (C=O) groups is 2. The zero-order chi connectivity index (χ0) is 25.2. The lowest BCUT2D eigenvalue weighted by molar-refractivity contribution is -0.150. The Kier molecular flexibility index (Phi) is 5.77. The molecule has 36 heavy (non-hydrogen) atoms. The van der Waals surface area contributed by atoms with Gasteiger partial charge in [0.05, 0.1) is 52.7 Å². The first-order chi connectivity index (χ1) is 17.5. The van der Waals surface area contributed by atoms with E-state index in [1.54, 1.807) is 22.8 Å². The van der Waals surface area contributed by atoms with E-state index in [9.17, 15) is 20.1 Å². The summed E-state index contributed by atoms with van der Waals surface area (Å²) in [4.78, 5) is 28.1. The van der Waals surface area contributed by atoms with Gasteiger partial charge in [-0.1, -0.05) is 54.6 Å². The molecule has 5 aromatic rings. The van der Waals surface area contributed by atoms with E-state index in [4.69, 9.17) is 14.8 Å². The van der Waals surface area contributed by atoms with Crippen LogP contribution < -0.4 is 0 Å². The Morgan fingerprint density at radius 2 is 1.42 bits per heavy atom. The normalized spacial score (nSPS) is 10.8. The number of aromatic nitrogens is 2. The number of esters is 1. The minimum absolute atomic E-state index is 0.261. The van der Waals surface area contributed by atoms with Crippen molar-refractivity contribution in [3.8, 4) is 23.5 Å². The third-order valence-electron chi connectivity index (χ3n) is 6.05. The average Bonchev–Trinajstić information content (AvgIpc) is 3.29. The largest absolute Gasteiger partial charge is 0.481 e. The molecule has 0 aliphatic rings. The van der Waals surface area contributed by atoms with Gasteiger partial charge in [-0.05, 0) is 22.9 Å². The van der Waals surface area contributed by atoms with Gasteiger partial charge < -0.3 is 9.84 Å². The number of carbonyl (C=O) groups excluding carboxylic acids is 1. The van der Waals surface area contributed by atoms with Crippen molar-refractivity contribution in [2.45, 2.75) is 19.6 Å². The van der Waals surface area contributed by atoms with Gasteiger partial charge in [0.1, 0.15) is 5.82 Å². The van der Waals surface area contributed by atoms with E-state index < -0.39 is 11.9 Å². The molecule has 8 heteroatoms. The van der Waals surface area contributed by atoms with E-state index in [-0.39, 0.29) is 30.7 Å². The molecule has 0 unspecified atom stereocenters. The van der Waals surface area contributed by atoms with E-state index in [2.05, 4.69) is 12.1 Å². The number of hydrogen-bond acceptors (Lipinski definition) is 6. The number of hydrogen-bond donors (Lipinski definition) is 1. The monoisotopic (exact) mass is 474 g/mol. The molecule has 1 heterocycles. The summed E-state index contributed by atoms with van der Waals surface area (Å²) in [6, 6.07) is 24.7. The molecule has 8 nitrogen and oxygen atoms in total. The second-order valence-electron chi connectivity index (χ2n) is 8.14. The average molecular weight is 474 g/mol. The number of nitriles is 2. The number of rotatable bonds is 6. The summed E-state index contributed by atoms with van der Waals surface area (Å²) in [6.07, 6.45) is -0.626. The van der Waals surface area contributed by atoms with Crippen LogP contribution in [0.1, 0.15) is 24.0 Å². The molecular formula is C28H18N4O4. The number of nitrogens with zero attached hydrogens (tertiary/aromatic N) is 4. The van der Waals surface area contributed by atoms with Crippen molar-refractivity contribution in [2.75, 3.05) is 0 Å². The predicted octanol–water partition coefficient (Wildman–Crippen LogP) is 5.12. The lowest BCUT2D eigenvalue weighted by Crippen LogP contribution is -2.12. The van der Waals surface area contributed by atoms with Crippen molar-refractivity contribution in [2.24, 2.45) is 0 Å². The van der Waals surface area contributed by atoms with Gasteiger partial charge in [0.2, 0.25) is 0 Å². The molecule has 0 saturated heterocycles. The number of aliphatic carboxylic acids is 1. The van der Waals surface area contributed by atoms with Crippen LogP contribution in [0.3, 0.4) is 0 Å². The summed E-state index contributed by atoms with van der Waals surface area (Å²) in [5, 5.41) is 32.2. The van der Waals surface area contributed by atoms with E-state index >= 15 is 0 Å². The molecule has 5 rings (SSSR count). The van der Waals surface area contributed by atoms with Gasteiger partial charge in [0, 0.05) is 10.8 Å². The Labute approximate surface area is 205 Å². The second-order valence-corrected chi connectivity index (χ2v) is 8.14. The first-order valence-corrected chi connectivity index (χ1v) is 11.1. The van der Waals surface area contributed by atoms with Crippen LogP contribution in [0.4, 0.5) is 0 Å². The Morgan fingerprint density at radius 3 is 2.03 bits per heavy atom. The van der Waals surface area contributed by atoms with Gasteiger partial charge in [-0.2, -0.15) is 10.5 Å². The van der Waals surface area contributed by atoms with Crippen LogP contribution in [0.5, 0.6) is 0 Å². The molecule has 0 bridgehead atoms. The summed E-state index contributed by atoms with van der Waals surface area (Å²) in [5.41, 5.74) is 2.18. The maximum Gasteiger partial charge on any atom is 0.308 e. The van der Waals surface area contributed by atoms with E-state index in [1.165, 1.54) is 0 Å². The molecule has 0 saturated carbocycles. The first kappa shape index (κ1) is 22.6. The predicted molar refractivity (Wildman–Crippen MR) is 133 cm³/mol. The van der Waals surface area contributed by atoms with Gasteiger partial charge in [-0.25, -0.2) is 4.98 Å². The molecule has 0 aliphatic carbocycles. The quantitative estimate of drug-likeness (QED) is 0.267. The van der Waals surface area contributed by atoms with Gasteiger partial charge >= 0.3 is 11.9 Å². The van der Waals surface area contributed by atoms with Crippen LogP contribution in [0.25, 0.3) is 44.0 Å². The fraction of sp³-hybridized carbons (Fsp3) is 0.107. The summed E-state index contributed by atoms with van der Waals surface area (Å²) in [5.74, 6) is -1.46. The van der Waals surface area contributed by atoms with Crippen molar-refractivity contribution >= 4 is 44.5 Å². The molecule has 0 fully saturated rings. The zero-order valence-electron chi connectivity index (χ0n) is 18.9. The van der Waals surface area contributed by atoms with Crippen molar-refractivity contribution < 1.29 is 19.4 Å². The van der Waals surface area contributed by atoms with Crippen molar-refractivity contribution in [3.63, 3.8) is 0 Å². The third-order valence-corrected chi connectivity index (χ3v) is 6.05. The number of imidazole rings is 1. The Balaban J connectivity index is 1.84.